The van der Waals surface area contributed by atoms with E-state index >= 15 is 0 Å². The van der Waals surface area contributed by atoms with Crippen LogP contribution in [0.25, 0.3) is 0 Å². The minimum atomic E-state index is -4.87. The molecule has 1 saturated heterocycles. The zero-order valence-electron chi connectivity index (χ0n) is 20.1. The number of nitrogens with zero attached hydrogens (tertiary/aromatic N) is 2. The Labute approximate surface area is 219 Å². The van der Waals surface area contributed by atoms with E-state index in [1.807, 2.05) is 0 Å². The maximum atomic E-state index is 13.6. The quantitative estimate of drug-likeness (QED) is 0.331. The Hall–Kier alpha value is -3.31. The number of hydrogen-bond donors (Lipinski definition) is 1. The van der Waals surface area contributed by atoms with Crippen LogP contribution in [-0.2, 0) is 16.5 Å². The molecule has 1 amide bonds. The summed E-state index contributed by atoms with van der Waals surface area (Å²) in [4.78, 5) is 18.8. The largest absolute Gasteiger partial charge is 0.573 e. The predicted octanol–water partition coefficient (Wildman–Crippen LogP) is 7.02. The van der Waals surface area contributed by atoms with Crippen molar-refractivity contribution >= 4 is 23.2 Å². The molecule has 1 aromatic heterocycles. The van der Waals surface area contributed by atoms with Gasteiger partial charge in [0.15, 0.2) is 0 Å². The van der Waals surface area contributed by atoms with Gasteiger partial charge in [0.05, 0.1) is 23.3 Å². The van der Waals surface area contributed by atoms with E-state index in [0.717, 1.165) is 18.2 Å². The van der Waals surface area contributed by atoms with Gasteiger partial charge >= 0.3 is 12.5 Å². The fourth-order valence-electron chi connectivity index (χ4n) is 4.44. The summed E-state index contributed by atoms with van der Waals surface area (Å²) >= 11 is 6.17. The lowest BCUT2D eigenvalue weighted by atomic mass is 9.96. The third-order valence-electron chi connectivity index (χ3n) is 6.10. The first-order valence-corrected chi connectivity index (χ1v) is 11.8. The van der Waals surface area contributed by atoms with Crippen molar-refractivity contribution in [1.29, 1.82) is 0 Å². The second-order valence-electron chi connectivity index (χ2n) is 9.28. The molecular formula is C26H22ClF6N3O2. The standard InChI is InChI=1S/C26H22ClF6N3O2/c1-24(2,21-7-4-8-22(34-21)25(28,29)30)35-19-14-20(15-5-3-6-16(27)13-15)36(23(19)37)17-9-11-18(12-10-17)38-26(31,32)33/h3-13,19-20,35H,14H2,1-2H3/t19-,20-/m1/s1. The molecule has 2 heterocycles. The Bertz CT molecular complexity index is 1310. The lowest BCUT2D eigenvalue weighted by Crippen LogP contribution is -2.48. The van der Waals surface area contributed by atoms with Crippen molar-refractivity contribution in [1.82, 2.24) is 10.3 Å². The van der Waals surface area contributed by atoms with Gasteiger partial charge in [-0.15, -0.1) is 13.2 Å². The van der Waals surface area contributed by atoms with E-state index in [-0.39, 0.29) is 12.1 Å². The smallest absolute Gasteiger partial charge is 0.406 e. The first-order chi connectivity index (χ1) is 17.6. The molecule has 0 bridgehead atoms. The van der Waals surface area contributed by atoms with Gasteiger partial charge in [0, 0.05) is 10.7 Å². The second-order valence-corrected chi connectivity index (χ2v) is 9.72. The molecule has 12 heteroatoms. The lowest BCUT2D eigenvalue weighted by molar-refractivity contribution is -0.274. The summed E-state index contributed by atoms with van der Waals surface area (Å²) in [6.45, 7) is 3.23. The Morgan fingerprint density at radius 3 is 2.18 bits per heavy atom. The van der Waals surface area contributed by atoms with E-state index in [4.69, 9.17) is 11.6 Å². The highest BCUT2D eigenvalue weighted by atomic mass is 35.5. The number of aromatic nitrogens is 1. The Morgan fingerprint density at radius 2 is 1.58 bits per heavy atom. The van der Waals surface area contributed by atoms with Gasteiger partial charge < -0.3 is 9.64 Å². The normalized spacial score (nSPS) is 18.7. The van der Waals surface area contributed by atoms with Crippen LogP contribution in [0.2, 0.25) is 5.02 Å². The fourth-order valence-corrected chi connectivity index (χ4v) is 4.64. The molecule has 0 radical (unpaired) electrons. The van der Waals surface area contributed by atoms with Gasteiger partial charge in [-0.3, -0.25) is 10.1 Å². The maximum Gasteiger partial charge on any atom is 0.573 e. The third-order valence-corrected chi connectivity index (χ3v) is 6.34. The molecule has 1 aliphatic rings. The molecular weight excluding hydrogens is 536 g/mol. The van der Waals surface area contributed by atoms with Crippen LogP contribution >= 0.6 is 11.6 Å². The highest BCUT2D eigenvalue weighted by Gasteiger charge is 2.44. The zero-order chi connectivity index (χ0) is 27.9. The number of pyridine rings is 1. The van der Waals surface area contributed by atoms with Crippen LogP contribution in [0.5, 0.6) is 5.75 Å². The predicted molar refractivity (Wildman–Crippen MR) is 129 cm³/mol. The number of alkyl halides is 6. The van der Waals surface area contributed by atoms with E-state index in [1.165, 1.54) is 29.2 Å². The van der Waals surface area contributed by atoms with Gasteiger partial charge in [-0.1, -0.05) is 29.8 Å². The van der Waals surface area contributed by atoms with E-state index in [2.05, 4.69) is 15.0 Å². The van der Waals surface area contributed by atoms with E-state index in [0.29, 0.717) is 16.3 Å². The van der Waals surface area contributed by atoms with Gasteiger partial charge in [-0.05, 0) is 74.4 Å². The van der Waals surface area contributed by atoms with Gasteiger partial charge in [0.1, 0.15) is 11.4 Å². The number of nitrogens with one attached hydrogen (secondary N) is 1. The Kier molecular flexibility index (Phi) is 7.37. The first kappa shape index (κ1) is 27.7. The van der Waals surface area contributed by atoms with Crippen molar-refractivity contribution < 1.29 is 35.9 Å². The van der Waals surface area contributed by atoms with Crippen molar-refractivity contribution in [2.24, 2.45) is 0 Å². The first-order valence-electron chi connectivity index (χ1n) is 11.4. The van der Waals surface area contributed by atoms with Gasteiger partial charge in [-0.2, -0.15) is 13.2 Å². The van der Waals surface area contributed by atoms with Crippen molar-refractivity contribution in [2.45, 2.75) is 50.4 Å². The molecule has 1 aliphatic heterocycles. The van der Waals surface area contributed by atoms with Gasteiger partial charge in [0.2, 0.25) is 5.91 Å². The molecule has 0 spiro atoms. The monoisotopic (exact) mass is 557 g/mol. The molecule has 2 aromatic carbocycles. The highest BCUT2D eigenvalue weighted by molar-refractivity contribution is 6.30. The molecule has 4 rings (SSSR count). The molecule has 1 N–H and O–H groups in total. The molecule has 0 saturated carbocycles. The zero-order valence-corrected chi connectivity index (χ0v) is 20.8. The summed E-state index contributed by atoms with van der Waals surface area (Å²) in [6.07, 6.45) is -9.29. The Morgan fingerprint density at radius 1 is 0.947 bits per heavy atom. The number of carbonyl (C=O) groups excluding carboxylic acids is 1. The average molecular weight is 558 g/mol. The van der Waals surface area contributed by atoms with Crippen LogP contribution in [0, 0.1) is 0 Å². The summed E-state index contributed by atoms with van der Waals surface area (Å²) in [5.41, 5.74) is -1.11. The number of halogens is 7. The van der Waals surface area contributed by atoms with E-state index < -0.39 is 47.5 Å². The highest BCUT2D eigenvalue weighted by Crippen LogP contribution is 2.40. The molecule has 5 nitrogen and oxygen atoms in total. The number of anilines is 1. The molecule has 1 fully saturated rings. The summed E-state index contributed by atoms with van der Waals surface area (Å²) in [6, 6.07) is 13.8. The van der Waals surface area contributed by atoms with Crippen molar-refractivity contribution in [3.8, 4) is 5.75 Å². The van der Waals surface area contributed by atoms with Gasteiger partial charge in [0.25, 0.3) is 0 Å². The topological polar surface area (TPSA) is 54.5 Å². The number of amides is 1. The van der Waals surface area contributed by atoms with Crippen LogP contribution in [0.1, 0.15) is 43.3 Å². The maximum absolute atomic E-state index is 13.6. The minimum absolute atomic E-state index is 0.0894. The van der Waals surface area contributed by atoms with E-state index in [1.54, 1.807) is 38.1 Å². The second kappa shape index (κ2) is 10.1. The molecule has 3 aromatic rings. The van der Waals surface area contributed by atoms with Crippen molar-refractivity contribution in [2.75, 3.05) is 4.90 Å². The molecule has 2 atom stereocenters. The van der Waals surface area contributed by atoms with Crippen molar-refractivity contribution in [3.63, 3.8) is 0 Å². The Balaban J connectivity index is 1.66. The van der Waals surface area contributed by atoms with Crippen LogP contribution in [-0.4, -0.2) is 23.3 Å². The van der Waals surface area contributed by atoms with Crippen LogP contribution in [0.15, 0.2) is 66.7 Å². The lowest BCUT2D eigenvalue weighted by Gasteiger charge is -2.29. The van der Waals surface area contributed by atoms with Crippen LogP contribution < -0.4 is 15.0 Å². The fraction of sp³-hybridized carbons (Fsp3) is 0.308. The molecule has 202 valence electrons. The molecule has 38 heavy (non-hydrogen) atoms. The van der Waals surface area contributed by atoms with Crippen molar-refractivity contribution in [3.05, 3.63) is 88.7 Å². The molecule has 0 aliphatic carbocycles. The number of ether oxygens (including phenoxy) is 1. The van der Waals surface area contributed by atoms with Gasteiger partial charge in [-0.25, -0.2) is 4.98 Å². The van der Waals surface area contributed by atoms with Crippen LogP contribution in [0.3, 0.4) is 0 Å². The summed E-state index contributed by atoms with van der Waals surface area (Å²) < 4.78 is 81.4. The number of rotatable bonds is 6. The summed E-state index contributed by atoms with van der Waals surface area (Å²) in [5.74, 6) is -0.863. The molecule has 0 unspecified atom stereocenters. The SMILES string of the molecule is CC(C)(N[C@@H]1C[C@H](c2cccc(Cl)c2)N(c2ccc(OC(F)(F)F)cc2)C1=O)c1cccc(C(F)(F)F)n1. The summed E-state index contributed by atoms with van der Waals surface area (Å²) in [5, 5.41) is 3.55. The van der Waals surface area contributed by atoms with E-state index in [9.17, 15) is 31.1 Å². The third kappa shape index (κ3) is 6.21. The number of carbonyl (C=O) groups is 1. The minimum Gasteiger partial charge on any atom is -0.406 e. The van der Waals surface area contributed by atoms with Crippen LogP contribution in [0.4, 0.5) is 32.0 Å². The summed E-state index contributed by atoms with van der Waals surface area (Å²) in [7, 11) is 0. The average Bonchev–Trinajstić information content (AvgIpc) is 3.13. The number of hydrogen-bond acceptors (Lipinski definition) is 4. The number of benzene rings is 2.